The first-order valence-electron chi connectivity index (χ1n) is 6.62. The van der Waals surface area contributed by atoms with Crippen molar-refractivity contribution >= 4 is 39.2 Å². The molecule has 0 aliphatic carbocycles. The molecule has 0 saturated carbocycles. The van der Waals surface area contributed by atoms with Crippen LogP contribution < -0.4 is 5.32 Å². The number of carbonyl (C=O) groups is 1. The van der Waals surface area contributed by atoms with Crippen molar-refractivity contribution in [1.82, 2.24) is 4.98 Å². The fourth-order valence-corrected chi connectivity index (χ4v) is 2.87. The maximum absolute atomic E-state index is 11.9. The number of fused-ring (bicyclic) bond motifs is 1. The quantitative estimate of drug-likeness (QED) is 0.733. The molecule has 0 saturated heterocycles. The summed E-state index contributed by atoms with van der Waals surface area (Å²) in [5.41, 5.74) is 2.83. The molecule has 1 aromatic heterocycles. The zero-order valence-electron chi connectivity index (χ0n) is 11.5. The van der Waals surface area contributed by atoms with Crippen LogP contribution in [0.3, 0.4) is 0 Å². The molecule has 1 amide bonds. The Balaban J connectivity index is 1.73. The van der Waals surface area contributed by atoms with Gasteiger partial charge in [-0.05, 0) is 36.8 Å². The lowest BCUT2D eigenvalue weighted by molar-refractivity contribution is -0.111. The summed E-state index contributed by atoms with van der Waals surface area (Å²) in [4.78, 5) is 16.4. The van der Waals surface area contributed by atoms with Gasteiger partial charge >= 0.3 is 0 Å². The lowest BCUT2D eigenvalue weighted by Crippen LogP contribution is -2.08. The van der Waals surface area contributed by atoms with E-state index in [0.29, 0.717) is 0 Å². The van der Waals surface area contributed by atoms with E-state index in [0.717, 1.165) is 26.5 Å². The lowest BCUT2D eigenvalue weighted by Gasteiger charge is -2.04. The number of amides is 1. The number of aromatic nitrogens is 1. The number of hydrogen-bond acceptors (Lipinski definition) is 3. The van der Waals surface area contributed by atoms with Gasteiger partial charge in [-0.2, -0.15) is 0 Å². The van der Waals surface area contributed by atoms with E-state index in [1.807, 2.05) is 55.5 Å². The minimum Gasteiger partial charge on any atom is -0.322 e. The number of aryl methyl sites for hydroxylation is 1. The normalized spacial score (nSPS) is 11.1. The number of carbonyl (C=O) groups excluding carboxylic acids is 1. The molecule has 0 fully saturated rings. The number of hydrogen-bond donors (Lipinski definition) is 1. The second-order valence-corrected chi connectivity index (χ2v) is 5.72. The van der Waals surface area contributed by atoms with Crippen LogP contribution in [0, 0.1) is 6.92 Å². The zero-order chi connectivity index (χ0) is 14.7. The van der Waals surface area contributed by atoms with Gasteiger partial charge in [-0.1, -0.05) is 30.3 Å². The molecule has 3 aromatic rings. The van der Waals surface area contributed by atoms with Crippen molar-refractivity contribution in [3.05, 3.63) is 65.2 Å². The summed E-state index contributed by atoms with van der Waals surface area (Å²) in [5.74, 6) is -0.149. The molecule has 1 heterocycles. The highest BCUT2D eigenvalue weighted by atomic mass is 32.1. The summed E-state index contributed by atoms with van der Waals surface area (Å²) in [5, 5.41) is 3.70. The van der Waals surface area contributed by atoms with Gasteiger partial charge in [-0.25, -0.2) is 4.98 Å². The smallest absolute Gasteiger partial charge is 0.248 e. The van der Waals surface area contributed by atoms with Gasteiger partial charge in [0.25, 0.3) is 0 Å². The van der Waals surface area contributed by atoms with Gasteiger partial charge in [0.2, 0.25) is 5.91 Å². The van der Waals surface area contributed by atoms with Crippen molar-refractivity contribution < 1.29 is 4.79 Å². The number of anilines is 1. The molecular formula is C17H14N2OS. The molecule has 0 spiro atoms. The van der Waals surface area contributed by atoms with Crippen molar-refractivity contribution in [2.24, 2.45) is 0 Å². The number of nitrogens with zero attached hydrogens (tertiary/aromatic N) is 1. The van der Waals surface area contributed by atoms with E-state index < -0.39 is 0 Å². The first-order valence-corrected chi connectivity index (χ1v) is 7.44. The summed E-state index contributed by atoms with van der Waals surface area (Å²) in [7, 11) is 0. The molecule has 1 N–H and O–H groups in total. The number of rotatable bonds is 3. The SMILES string of the molecule is Cc1ccccc1NC(=O)/C=C/c1nc2ccccc2s1. The van der Waals surface area contributed by atoms with E-state index >= 15 is 0 Å². The monoisotopic (exact) mass is 294 g/mol. The van der Waals surface area contributed by atoms with E-state index in [-0.39, 0.29) is 5.91 Å². The molecule has 4 heteroatoms. The highest BCUT2D eigenvalue weighted by Gasteiger charge is 2.02. The van der Waals surface area contributed by atoms with E-state index in [9.17, 15) is 4.79 Å². The van der Waals surface area contributed by atoms with E-state index in [4.69, 9.17) is 0 Å². The molecule has 21 heavy (non-hydrogen) atoms. The molecule has 0 radical (unpaired) electrons. The van der Waals surface area contributed by atoms with Crippen LogP contribution in [0.4, 0.5) is 5.69 Å². The van der Waals surface area contributed by atoms with Crippen LogP contribution in [-0.2, 0) is 4.79 Å². The molecule has 2 aromatic carbocycles. The first kappa shape index (κ1) is 13.5. The third-order valence-electron chi connectivity index (χ3n) is 3.09. The summed E-state index contributed by atoms with van der Waals surface area (Å²) < 4.78 is 1.12. The first-order chi connectivity index (χ1) is 10.2. The number of thiazole rings is 1. The highest BCUT2D eigenvalue weighted by molar-refractivity contribution is 7.19. The third-order valence-corrected chi connectivity index (χ3v) is 4.09. The van der Waals surface area contributed by atoms with Crippen LogP contribution >= 0.6 is 11.3 Å². The molecule has 0 bridgehead atoms. The van der Waals surface area contributed by atoms with Gasteiger partial charge in [0.05, 0.1) is 10.2 Å². The van der Waals surface area contributed by atoms with Gasteiger partial charge in [0, 0.05) is 11.8 Å². The van der Waals surface area contributed by atoms with E-state index in [1.54, 1.807) is 17.4 Å². The van der Waals surface area contributed by atoms with Crippen molar-refractivity contribution in [1.29, 1.82) is 0 Å². The molecule has 0 aliphatic heterocycles. The topological polar surface area (TPSA) is 42.0 Å². The Bertz CT molecular complexity index is 787. The number of para-hydroxylation sites is 2. The molecule has 0 aliphatic rings. The zero-order valence-corrected chi connectivity index (χ0v) is 12.4. The number of nitrogens with one attached hydrogen (secondary N) is 1. The van der Waals surface area contributed by atoms with Gasteiger partial charge in [0.15, 0.2) is 0 Å². The Hall–Kier alpha value is -2.46. The average molecular weight is 294 g/mol. The van der Waals surface area contributed by atoms with Crippen LogP contribution in [0.5, 0.6) is 0 Å². The molecule has 0 unspecified atom stereocenters. The van der Waals surface area contributed by atoms with Gasteiger partial charge < -0.3 is 5.32 Å². The van der Waals surface area contributed by atoms with Crippen LogP contribution in [-0.4, -0.2) is 10.9 Å². The minimum atomic E-state index is -0.149. The molecule has 3 rings (SSSR count). The van der Waals surface area contributed by atoms with Gasteiger partial charge in [-0.3, -0.25) is 4.79 Å². The largest absolute Gasteiger partial charge is 0.322 e. The third kappa shape index (κ3) is 3.17. The minimum absolute atomic E-state index is 0.149. The van der Waals surface area contributed by atoms with Crippen molar-refractivity contribution in [2.45, 2.75) is 6.92 Å². The predicted molar refractivity (Wildman–Crippen MR) is 88.5 cm³/mol. The Kier molecular flexibility index (Phi) is 3.79. The van der Waals surface area contributed by atoms with E-state index in [1.165, 1.54) is 6.08 Å². The Labute approximate surface area is 127 Å². The summed E-state index contributed by atoms with van der Waals surface area (Å²) in [6, 6.07) is 15.6. The second-order valence-electron chi connectivity index (χ2n) is 4.66. The predicted octanol–water partition coefficient (Wildman–Crippen LogP) is 4.26. The highest BCUT2D eigenvalue weighted by Crippen LogP contribution is 2.22. The fourth-order valence-electron chi connectivity index (χ4n) is 2.00. The summed E-state index contributed by atoms with van der Waals surface area (Å²) in [6.45, 7) is 1.97. The Morgan fingerprint density at radius 3 is 2.71 bits per heavy atom. The molecule has 104 valence electrons. The maximum Gasteiger partial charge on any atom is 0.248 e. The Morgan fingerprint density at radius 2 is 1.90 bits per heavy atom. The van der Waals surface area contributed by atoms with Gasteiger partial charge in [-0.15, -0.1) is 11.3 Å². The molecule has 0 atom stereocenters. The summed E-state index contributed by atoms with van der Waals surface area (Å²) >= 11 is 1.57. The van der Waals surface area contributed by atoms with Crippen molar-refractivity contribution in [2.75, 3.05) is 5.32 Å². The van der Waals surface area contributed by atoms with Crippen LogP contribution in [0.1, 0.15) is 10.6 Å². The standard InChI is InChI=1S/C17H14N2OS/c1-12-6-2-3-7-13(12)18-16(20)10-11-17-19-14-8-4-5-9-15(14)21-17/h2-11H,1H3,(H,18,20)/b11-10+. The lowest BCUT2D eigenvalue weighted by atomic mass is 10.2. The molecular weight excluding hydrogens is 280 g/mol. The maximum atomic E-state index is 11.9. The van der Waals surface area contributed by atoms with Crippen LogP contribution in [0.2, 0.25) is 0 Å². The van der Waals surface area contributed by atoms with Gasteiger partial charge in [0.1, 0.15) is 5.01 Å². The summed E-state index contributed by atoms with van der Waals surface area (Å²) in [6.07, 6.45) is 3.27. The second kappa shape index (κ2) is 5.89. The van der Waals surface area contributed by atoms with E-state index in [2.05, 4.69) is 10.3 Å². The number of benzene rings is 2. The van der Waals surface area contributed by atoms with Crippen molar-refractivity contribution in [3.8, 4) is 0 Å². The fraction of sp³-hybridized carbons (Fsp3) is 0.0588. The average Bonchev–Trinajstić information content (AvgIpc) is 2.90. The van der Waals surface area contributed by atoms with Crippen LogP contribution in [0.15, 0.2) is 54.6 Å². The molecule has 3 nitrogen and oxygen atoms in total. The van der Waals surface area contributed by atoms with Crippen molar-refractivity contribution in [3.63, 3.8) is 0 Å². The van der Waals surface area contributed by atoms with Crippen LogP contribution in [0.25, 0.3) is 16.3 Å². The Morgan fingerprint density at radius 1 is 1.14 bits per heavy atom.